The minimum atomic E-state index is -3.85. The van der Waals surface area contributed by atoms with Gasteiger partial charge in [-0.3, -0.25) is 4.72 Å². The van der Waals surface area contributed by atoms with Crippen molar-refractivity contribution in [2.24, 2.45) is 0 Å². The second-order valence-electron chi connectivity index (χ2n) is 7.54. The zero-order valence-electron chi connectivity index (χ0n) is 18.1. The number of aryl methyl sites for hydroxylation is 2. The number of hydrogen-bond donors (Lipinski definition) is 3. The number of urea groups is 1. The Labute approximate surface area is 197 Å². The molecule has 1 heterocycles. The number of benzene rings is 3. The third-order valence-corrected chi connectivity index (χ3v) is 7.19. The van der Waals surface area contributed by atoms with E-state index in [0.29, 0.717) is 11.4 Å². The predicted molar refractivity (Wildman–Crippen MR) is 136 cm³/mol. The molecule has 0 spiro atoms. The van der Waals surface area contributed by atoms with Crippen molar-refractivity contribution in [3.63, 3.8) is 0 Å². The standard InChI is InChI=1S/C25H23N3O3S2/c1-17-7-6-8-18(2)24(17)27-25(29)26-23-15-21(11-12-22(23)19-13-14-32-16-19)33(30,31)28-20-9-4-3-5-10-20/h3-16,28H,1-2H3,(H2,26,27,29). The van der Waals surface area contributed by atoms with Crippen molar-refractivity contribution in [3.05, 3.63) is 94.7 Å². The number of carbonyl (C=O) groups is 1. The van der Waals surface area contributed by atoms with Crippen molar-refractivity contribution in [2.45, 2.75) is 18.7 Å². The summed E-state index contributed by atoms with van der Waals surface area (Å²) in [6, 6.07) is 20.6. The molecule has 2 amide bonds. The molecule has 168 valence electrons. The van der Waals surface area contributed by atoms with Crippen LogP contribution in [0.15, 0.2) is 88.5 Å². The molecule has 1 aromatic heterocycles. The van der Waals surface area contributed by atoms with E-state index in [0.717, 1.165) is 27.9 Å². The summed E-state index contributed by atoms with van der Waals surface area (Å²) in [5, 5.41) is 9.60. The van der Waals surface area contributed by atoms with E-state index in [1.807, 2.05) is 54.9 Å². The average molecular weight is 478 g/mol. The molecule has 8 heteroatoms. The van der Waals surface area contributed by atoms with Gasteiger partial charge >= 0.3 is 6.03 Å². The summed E-state index contributed by atoms with van der Waals surface area (Å²) in [4.78, 5) is 12.9. The molecule has 0 fully saturated rings. The van der Waals surface area contributed by atoms with Crippen LogP contribution < -0.4 is 15.4 Å². The van der Waals surface area contributed by atoms with Crippen LogP contribution in [-0.4, -0.2) is 14.4 Å². The fraction of sp³-hybridized carbons (Fsp3) is 0.0800. The summed E-state index contributed by atoms with van der Waals surface area (Å²) < 4.78 is 28.5. The first kappa shape index (κ1) is 22.6. The van der Waals surface area contributed by atoms with Gasteiger partial charge in [-0.25, -0.2) is 13.2 Å². The molecule has 0 bridgehead atoms. The van der Waals surface area contributed by atoms with Crippen molar-refractivity contribution in [1.82, 2.24) is 0 Å². The van der Waals surface area contributed by atoms with Gasteiger partial charge in [-0.2, -0.15) is 11.3 Å². The molecule has 3 aromatic carbocycles. The molecule has 0 aliphatic heterocycles. The number of thiophene rings is 1. The van der Waals surface area contributed by atoms with Gasteiger partial charge in [0.05, 0.1) is 10.6 Å². The number of anilines is 3. The number of sulfonamides is 1. The number of amides is 2. The van der Waals surface area contributed by atoms with E-state index < -0.39 is 16.1 Å². The van der Waals surface area contributed by atoms with Crippen molar-refractivity contribution < 1.29 is 13.2 Å². The van der Waals surface area contributed by atoms with E-state index in [4.69, 9.17) is 0 Å². The van der Waals surface area contributed by atoms with Crippen LogP contribution in [0.1, 0.15) is 11.1 Å². The Morgan fingerprint density at radius 1 is 0.848 bits per heavy atom. The first-order valence-electron chi connectivity index (χ1n) is 10.2. The highest BCUT2D eigenvalue weighted by molar-refractivity contribution is 7.92. The summed E-state index contributed by atoms with van der Waals surface area (Å²) >= 11 is 1.52. The van der Waals surface area contributed by atoms with Gasteiger partial charge in [0.15, 0.2) is 0 Å². The lowest BCUT2D eigenvalue weighted by molar-refractivity contribution is 0.262. The molecule has 0 saturated carbocycles. The monoisotopic (exact) mass is 477 g/mol. The van der Waals surface area contributed by atoms with Crippen molar-refractivity contribution in [2.75, 3.05) is 15.4 Å². The van der Waals surface area contributed by atoms with Gasteiger partial charge in [-0.15, -0.1) is 0 Å². The van der Waals surface area contributed by atoms with E-state index >= 15 is 0 Å². The van der Waals surface area contributed by atoms with Crippen LogP contribution in [0.3, 0.4) is 0 Å². The molecular weight excluding hydrogens is 454 g/mol. The predicted octanol–water partition coefficient (Wildman–Crippen LogP) is 6.48. The molecule has 0 saturated heterocycles. The van der Waals surface area contributed by atoms with E-state index in [-0.39, 0.29) is 4.90 Å². The van der Waals surface area contributed by atoms with Crippen LogP contribution in [-0.2, 0) is 10.0 Å². The first-order valence-corrected chi connectivity index (χ1v) is 12.6. The normalized spacial score (nSPS) is 11.1. The highest BCUT2D eigenvalue weighted by Gasteiger charge is 2.19. The quantitative estimate of drug-likeness (QED) is 0.297. The third kappa shape index (κ3) is 5.24. The van der Waals surface area contributed by atoms with Crippen LogP contribution in [0, 0.1) is 13.8 Å². The number of hydrogen-bond acceptors (Lipinski definition) is 4. The van der Waals surface area contributed by atoms with Crippen LogP contribution in [0.2, 0.25) is 0 Å². The van der Waals surface area contributed by atoms with Crippen molar-refractivity contribution in [1.29, 1.82) is 0 Å². The lowest BCUT2D eigenvalue weighted by Crippen LogP contribution is -2.21. The maximum Gasteiger partial charge on any atom is 0.323 e. The molecule has 0 atom stereocenters. The molecule has 6 nitrogen and oxygen atoms in total. The second-order valence-corrected chi connectivity index (χ2v) is 10.00. The molecule has 4 rings (SSSR count). The van der Waals surface area contributed by atoms with E-state index in [2.05, 4.69) is 15.4 Å². The van der Waals surface area contributed by atoms with Gasteiger partial charge in [-0.1, -0.05) is 42.5 Å². The molecular formula is C25H23N3O3S2. The highest BCUT2D eigenvalue weighted by Crippen LogP contribution is 2.33. The van der Waals surface area contributed by atoms with Gasteiger partial charge < -0.3 is 10.6 Å². The topological polar surface area (TPSA) is 87.3 Å². The Bertz CT molecular complexity index is 1360. The minimum absolute atomic E-state index is 0.0488. The summed E-state index contributed by atoms with van der Waals surface area (Å²) in [6.45, 7) is 3.84. The fourth-order valence-corrected chi connectivity index (χ4v) is 5.20. The fourth-order valence-electron chi connectivity index (χ4n) is 3.46. The number of rotatable bonds is 6. The van der Waals surface area contributed by atoms with Gasteiger partial charge in [0.2, 0.25) is 0 Å². The van der Waals surface area contributed by atoms with Gasteiger partial charge in [0, 0.05) is 16.9 Å². The Kier molecular flexibility index (Phi) is 6.48. The second kappa shape index (κ2) is 9.48. The van der Waals surface area contributed by atoms with Crippen LogP contribution in [0.4, 0.5) is 21.9 Å². The number of nitrogens with one attached hydrogen (secondary N) is 3. The zero-order chi connectivity index (χ0) is 23.4. The third-order valence-electron chi connectivity index (χ3n) is 5.13. The molecule has 0 aliphatic carbocycles. The Morgan fingerprint density at radius 2 is 1.58 bits per heavy atom. The molecule has 0 unspecified atom stereocenters. The minimum Gasteiger partial charge on any atom is -0.307 e. The Hall–Kier alpha value is -3.62. The molecule has 0 radical (unpaired) electrons. The van der Waals surface area contributed by atoms with Crippen LogP contribution in [0.25, 0.3) is 11.1 Å². The molecule has 3 N–H and O–H groups in total. The lowest BCUT2D eigenvalue weighted by Gasteiger charge is -2.16. The van der Waals surface area contributed by atoms with E-state index in [9.17, 15) is 13.2 Å². The average Bonchev–Trinajstić information content (AvgIpc) is 3.31. The summed E-state index contributed by atoms with van der Waals surface area (Å²) in [5.41, 5.74) is 5.07. The number of para-hydroxylation sites is 2. The van der Waals surface area contributed by atoms with Crippen LogP contribution in [0.5, 0.6) is 0 Å². The zero-order valence-corrected chi connectivity index (χ0v) is 19.8. The largest absolute Gasteiger partial charge is 0.323 e. The molecule has 33 heavy (non-hydrogen) atoms. The SMILES string of the molecule is Cc1cccc(C)c1NC(=O)Nc1cc(S(=O)(=O)Nc2ccccc2)ccc1-c1ccsc1. The maximum absolute atomic E-state index is 13.0. The molecule has 4 aromatic rings. The summed E-state index contributed by atoms with van der Waals surface area (Å²) in [6.07, 6.45) is 0. The smallest absolute Gasteiger partial charge is 0.307 e. The van der Waals surface area contributed by atoms with Crippen molar-refractivity contribution >= 4 is 44.5 Å². The van der Waals surface area contributed by atoms with E-state index in [1.165, 1.54) is 23.5 Å². The Morgan fingerprint density at radius 3 is 2.24 bits per heavy atom. The van der Waals surface area contributed by atoms with E-state index in [1.54, 1.807) is 30.3 Å². The van der Waals surface area contributed by atoms with Gasteiger partial charge in [-0.05, 0) is 71.6 Å². The summed E-state index contributed by atoms with van der Waals surface area (Å²) in [7, 11) is -3.85. The Balaban J connectivity index is 1.67. The number of carbonyl (C=O) groups excluding carboxylic acids is 1. The summed E-state index contributed by atoms with van der Waals surface area (Å²) in [5.74, 6) is 0. The first-order chi connectivity index (χ1) is 15.8. The van der Waals surface area contributed by atoms with Gasteiger partial charge in [0.25, 0.3) is 10.0 Å². The van der Waals surface area contributed by atoms with Gasteiger partial charge in [0.1, 0.15) is 0 Å². The molecule has 0 aliphatic rings. The van der Waals surface area contributed by atoms with Crippen molar-refractivity contribution in [3.8, 4) is 11.1 Å². The highest BCUT2D eigenvalue weighted by atomic mass is 32.2. The van der Waals surface area contributed by atoms with Crippen LogP contribution >= 0.6 is 11.3 Å². The lowest BCUT2D eigenvalue weighted by atomic mass is 10.1. The maximum atomic E-state index is 13.0.